The van der Waals surface area contributed by atoms with Gasteiger partial charge in [-0.1, -0.05) is 26.5 Å². The largest absolute Gasteiger partial charge is 0.378 e. The Morgan fingerprint density at radius 2 is 1.86 bits per heavy atom. The number of rotatable bonds is 4. The summed E-state index contributed by atoms with van der Waals surface area (Å²) in [6.07, 6.45) is 3.46. The molecule has 1 aliphatic rings. The smallest absolute Gasteiger partial charge is 0.269 e. The number of hydrogen-bond donors (Lipinski definition) is 0. The third-order valence-electron chi connectivity index (χ3n) is 4.42. The molecule has 29 heavy (non-hydrogen) atoms. The van der Waals surface area contributed by atoms with Gasteiger partial charge in [0.1, 0.15) is 5.52 Å². The van der Waals surface area contributed by atoms with Gasteiger partial charge >= 0.3 is 0 Å². The van der Waals surface area contributed by atoms with Crippen LogP contribution in [0, 0.1) is 10.1 Å². The van der Waals surface area contributed by atoms with Gasteiger partial charge in [0.15, 0.2) is 11.6 Å². The lowest BCUT2D eigenvalue weighted by Crippen LogP contribution is -2.37. The maximum atomic E-state index is 10.9. The molecule has 2 aromatic heterocycles. The lowest BCUT2D eigenvalue weighted by atomic mass is 10.1. The van der Waals surface area contributed by atoms with Crippen molar-refractivity contribution in [2.24, 2.45) is 0 Å². The Labute approximate surface area is 169 Å². The number of morpholine rings is 1. The molecule has 4 rings (SSSR count). The van der Waals surface area contributed by atoms with Crippen molar-refractivity contribution in [2.45, 2.75) is 13.8 Å². The van der Waals surface area contributed by atoms with Crippen LogP contribution in [0.5, 0.6) is 0 Å². The predicted molar refractivity (Wildman–Crippen MR) is 114 cm³/mol. The Kier molecular flexibility index (Phi) is 6.46. The highest BCUT2D eigenvalue weighted by molar-refractivity contribution is 5.88. The summed E-state index contributed by atoms with van der Waals surface area (Å²) < 4.78 is 5.44. The summed E-state index contributed by atoms with van der Waals surface area (Å²) in [4.78, 5) is 26.5. The van der Waals surface area contributed by atoms with E-state index in [0.29, 0.717) is 35.6 Å². The number of non-ortho nitro benzene ring substituents is 1. The molecule has 0 amide bonds. The van der Waals surface area contributed by atoms with Crippen molar-refractivity contribution in [3.05, 3.63) is 58.8 Å². The summed E-state index contributed by atoms with van der Waals surface area (Å²) in [5.41, 5.74) is 3.03. The van der Waals surface area contributed by atoms with E-state index in [1.54, 1.807) is 24.4 Å². The highest BCUT2D eigenvalue weighted by atomic mass is 16.6. The van der Waals surface area contributed by atoms with Gasteiger partial charge in [-0.2, -0.15) is 0 Å². The summed E-state index contributed by atoms with van der Waals surface area (Å²) in [6.45, 7) is 10.5. The molecular weight excluding hydrogens is 370 g/mol. The lowest BCUT2D eigenvalue weighted by Gasteiger charge is -2.28. The fraction of sp³-hybridized carbons (Fsp3) is 0.286. The molecular formula is C21H23N5O3. The van der Waals surface area contributed by atoms with Crippen molar-refractivity contribution < 1.29 is 9.66 Å². The van der Waals surface area contributed by atoms with Gasteiger partial charge in [0, 0.05) is 37.0 Å². The first-order valence-corrected chi connectivity index (χ1v) is 9.53. The number of nitrogens with zero attached hydrogens (tertiary/aromatic N) is 5. The normalized spacial score (nSPS) is 13.5. The molecule has 3 aromatic rings. The molecule has 1 fully saturated rings. The average molecular weight is 393 g/mol. The van der Waals surface area contributed by atoms with E-state index in [-0.39, 0.29) is 5.69 Å². The molecule has 8 heteroatoms. The molecule has 150 valence electrons. The van der Waals surface area contributed by atoms with Crippen molar-refractivity contribution in [1.82, 2.24) is 15.0 Å². The van der Waals surface area contributed by atoms with Crippen LogP contribution in [-0.2, 0) is 4.74 Å². The van der Waals surface area contributed by atoms with Gasteiger partial charge in [-0.15, -0.1) is 0 Å². The molecule has 0 aliphatic carbocycles. The Morgan fingerprint density at radius 1 is 1.17 bits per heavy atom. The molecule has 1 aromatic carbocycles. The predicted octanol–water partition coefficient (Wildman–Crippen LogP) is 4.11. The molecule has 0 spiro atoms. The summed E-state index contributed by atoms with van der Waals surface area (Å²) in [5.74, 6) is 1.24. The third-order valence-corrected chi connectivity index (χ3v) is 4.42. The quantitative estimate of drug-likeness (QED) is 0.486. The van der Waals surface area contributed by atoms with Crippen molar-refractivity contribution in [3.63, 3.8) is 0 Å². The van der Waals surface area contributed by atoms with Crippen LogP contribution in [0.15, 0.2) is 43.1 Å². The van der Waals surface area contributed by atoms with Crippen molar-refractivity contribution in [3.8, 4) is 11.4 Å². The maximum Gasteiger partial charge on any atom is 0.269 e. The van der Waals surface area contributed by atoms with Gasteiger partial charge in [0.25, 0.3) is 5.69 Å². The molecule has 1 aliphatic heterocycles. The molecule has 0 radical (unpaired) electrons. The zero-order valence-corrected chi connectivity index (χ0v) is 16.5. The fourth-order valence-corrected chi connectivity index (χ4v) is 2.99. The molecule has 8 nitrogen and oxygen atoms in total. The number of anilines is 1. The van der Waals surface area contributed by atoms with Gasteiger partial charge in [0.2, 0.25) is 0 Å². The first-order valence-electron chi connectivity index (χ1n) is 9.53. The number of fused-ring (bicyclic) bond motifs is 1. The second-order valence-electron chi connectivity index (χ2n) is 6.11. The van der Waals surface area contributed by atoms with E-state index in [1.165, 1.54) is 12.1 Å². The molecule has 0 saturated carbocycles. The minimum Gasteiger partial charge on any atom is -0.378 e. The van der Waals surface area contributed by atoms with E-state index in [2.05, 4.69) is 21.4 Å². The van der Waals surface area contributed by atoms with Gasteiger partial charge in [0.05, 0.1) is 23.7 Å². The lowest BCUT2D eigenvalue weighted by molar-refractivity contribution is -0.384. The molecule has 3 heterocycles. The summed E-state index contributed by atoms with van der Waals surface area (Å²) in [7, 11) is 0. The summed E-state index contributed by atoms with van der Waals surface area (Å²) in [5, 5.41) is 10.9. The summed E-state index contributed by atoms with van der Waals surface area (Å²) in [6, 6.07) is 8.14. The van der Waals surface area contributed by atoms with E-state index in [1.807, 2.05) is 19.9 Å². The third kappa shape index (κ3) is 4.38. The number of aromatic nitrogens is 3. The van der Waals surface area contributed by atoms with Crippen molar-refractivity contribution in [2.75, 3.05) is 31.2 Å². The molecule has 1 saturated heterocycles. The number of nitro groups is 1. The standard InChI is InChI=1S/C19H17N5O3.C2H6/c1-2-13-11-16-17(20-12-13)19(23-7-9-27-10-8-23)22-18(21-16)14-3-5-15(6-4-14)24(25)26;1-2/h2-6,11-12H,1,7-10H2;1-2H3. The number of ether oxygens (including phenoxy) is 1. The van der Waals surface area contributed by atoms with E-state index >= 15 is 0 Å². The fourth-order valence-electron chi connectivity index (χ4n) is 2.99. The first kappa shape index (κ1) is 20.3. The highest BCUT2D eigenvalue weighted by Gasteiger charge is 2.19. The number of nitro benzene ring substituents is 1. The molecule has 0 bridgehead atoms. The van der Waals surface area contributed by atoms with Crippen LogP contribution in [0.1, 0.15) is 19.4 Å². The van der Waals surface area contributed by atoms with Crippen LogP contribution in [-0.4, -0.2) is 46.2 Å². The zero-order chi connectivity index (χ0) is 20.8. The van der Waals surface area contributed by atoms with Crippen molar-refractivity contribution >= 4 is 28.6 Å². The zero-order valence-electron chi connectivity index (χ0n) is 16.5. The number of hydrogen-bond acceptors (Lipinski definition) is 7. The van der Waals surface area contributed by atoms with E-state index in [9.17, 15) is 10.1 Å². The van der Waals surface area contributed by atoms with Crippen LogP contribution in [0.4, 0.5) is 11.5 Å². The van der Waals surface area contributed by atoms with Crippen LogP contribution < -0.4 is 4.90 Å². The monoisotopic (exact) mass is 393 g/mol. The second-order valence-corrected chi connectivity index (χ2v) is 6.11. The van der Waals surface area contributed by atoms with E-state index in [4.69, 9.17) is 9.72 Å². The van der Waals surface area contributed by atoms with Gasteiger partial charge in [-0.05, 0) is 23.8 Å². The SMILES string of the molecule is C=Cc1cnc2c(N3CCOCC3)nc(-c3ccc([N+](=O)[O-])cc3)nc2c1.CC. The maximum absolute atomic E-state index is 10.9. The van der Waals surface area contributed by atoms with Crippen LogP contribution in [0.2, 0.25) is 0 Å². The number of benzene rings is 1. The van der Waals surface area contributed by atoms with Crippen LogP contribution in [0.3, 0.4) is 0 Å². The Bertz CT molecular complexity index is 1010. The van der Waals surface area contributed by atoms with E-state index in [0.717, 1.165) is 24.5 Å². The van der Waals surface area contributed by atoms with Crippen LogP contribution >= 0.6 is 0 Å². The topological polar surface area (TPSA) is 94.3 Å². The van der Waals surface area contributed by atoms with Gasteiger partial charge in [-0.3, -0.25) is 15.1 Å². The first-order chi connectivity index (χ1) is 14.2. The Morgan fingerprint density at radius 3 is 2.48 bits per heavy atom. The molecule has 0 N–H and O–H groups in total. The Balaban J connectivity index is 0.00000117. The average Bonchev–Trinajstić information content (AvgIpc) is 2.79. The molecule has 0 atom stereocenters. The second kappa shape index (κ2) is 9.20. The molecule has 0 unspecified atom stereocenters. The highest BCUT2D eigenvalue weighted by Crippen LogP contribution is 2.28. The minimum atomic E-state index is -0.426. The van der Waals surface area contributed by atoms with Gasteiger partial charge < -0.3 is 9.64 Å². The summed E-state index contributed by atoms with van der Waals surface area (Å²) >= 11 is 0. The minimum absolute atomic E-state index is 0.0311. The van der Waals surface area contributed by atoms with Crippen LogP contribution in [0.25, 0.3) is 28.5 Å². The van der Waals surface area contributed by atoms with Crippen molar-refractivity contribution in [1.29, 1.82) is 0 Å². The Hall–Kier alpha value is -3.39. The van der Waals surface area contributed by atoms with E-state index < -0.39 is 4.92 Å². The van der Waals surface area contributed by atoms with Gasteiger partial charge in [-0.25, -0.2) is 9.97 Å². The number of pyridine rings is 1.